The predicted octanol–water partition coefficient (Wildman–Crippen LogP) is -0.723. The maximum Gasteiger partial charge on any atom is 0.338 e. The number of esters is 1. The van der Waals surface area contributed by atoms with Crippen molar-refractivity contribution < 1.29 is 34.8 Å². The van der Waals surface area contributed by atoms with Gasteiger partial charge in [0.25, 0.3) is 0 Å². The highest BCUT2D eigenvalue weighted by Gasteiger charge is 2.31. The quantitative estimate of drug-likeness (QED) is 0.320. The molecular weight excluding hydrogens is 244 g/mol. The van der Waals surface area contributed by atoms with Gasteiger partial charge in [0.05, 0.1) is 12.7 Å². The zero-order valence-electron chi connectivity index (χ0n) is 10.3. The van der Waals surface area contributed by atoms with Crippen molar-refractivity contribution in [2.45, 2.75) is 50.9 Å². The van der Waals surface area contributed by atoms with Crippen LogP contribution < -0.4 is 0 Å². The van der Waals surface area contributed by atoms with Gasteiger partial charge in [-0.2, -0.15) is 0 Å². The Kier molecular flexibility index (Phi) is 8.27. The highest BCUT2D eigenvalue weighted by Crippen LogP contribution is 2.04. The molecule has 0 rings (SSSR count). The minimum Gasteiger partial charge on any atom is -0.479 e. The third-order valence-electron chi connectivity index (χ3n) is 2.30. The number of ether oxygens (including phenoxy) is 1. The van der Waals surface area contributed by atoms with E-state index in [0.29, 0.717) is 12.8 Å². The number of aliphatic carboxylic acids is 1. The van der Waals surface area contributed by atoms with Crippen molar-refractivity contribution in [1.82, 2.24) is 0 Å². The summed E-state index contributed by atoms with van der Waals surface area (Å²) in [7, 11) is 0. The van der Waals surface area contributed by atoms with Crippen LogP contribution in [0.25, 0.3) is 0 Å². The Hall–Kier alpha value is -1.18. The predicted molar refractivity (Wildman–Crippen MR) is 60.8 cm³/mol. The van der Waals surface area contributed by atoms with E-state index >= 15 is 0 Å². The minimum atomic E-state index is -2.17. The monoisotopic (exact) mass is 264 g/mol. The topological polar surface area (TPSA) is 124 Å². The molecule has 0 fully saturated rings. The Morgan fingerprint density at radius 2 is 1.67 bits per heavy atom. The lowest BCUT2D eigenvalue weighted by atomic mass is 10.1. The van der Waals surface area contributed by atoms with Crippen LogP contribution in [0.1, 0.15) is 32.6 Å². The molecule has 0 aliphatic rings. The molecule has 0 aromatic heterocycles. The van der Waals surface area contributed by atoms with Crippen molar-refractivity contribution in [2.75, 3.05) is 6.61 Å². The maximum atomic E-state index is 11.1. The molecule has 0 amide bonds. The molecule has 106 valence electrons. The van der Waals surface area contributed by atoms with Crippen LogP contribution in [0.15, 0.2) is 0 Å². The largest absolute Gasteiger partial charge is 0.479 e. The molecule has 7 nitrogen and oxygen atoms in total. The number of carboxylic acid groups (broad SMARTS) is 1. The van der Waals surface area contributed by atoms with Gasteiger partial charge in [0.2, 0.25) is 0 Å². The van der Waals surface area contributed by atoms with Crippen molar-refractivity contribution in [3.8, 4) is 0 Å². The van der Waals surface area contributed by atoms with E-state index in [2.05, 4.69) is 4.74 Å². The summed E-state index contributed by atoms with van der Waals surface area (Å²) in [6, 6.07) is 0. The Morgan fingerprint density at radius 1 is 1.06 bits per heavy atom. The first-order chi connectivity index (χ1) is 8.36. The Labute approximate surface area is 105 Å². The van der Waals surface area contributed by atoms with Gasteiger partial charge >= 0.3 is 11.9 Å². The van der Waals surface area contributed by atoms with E-state index in [1.807, 2.05) is 0 Å². The molecule has 0 saturated carbocycles. The molecular formula is C11H20O7. The zero-order valence-corrected chi connectivity index (χ0v) is 10.3. The fourth-order valence-electron chi connectivity index (χ4n) is 1.24. The van der Waals surface area contributed by atoms with Crippen molar-refractivity contribution in [2.24, 2.45) is 0 Å². The van der Waals surface area contributed by atoms with Crippen molar-refractivity contribution in [3.05, 3.63) is 0 Å². The first-order valence-electron chi connectivity index (χ1n) is 5.80. The van der Waals surface area contributed by atoms with Gasteiger partial charge in [-0.25, -0.2) is 9.59 Å². The van der Waals surface area contributed by atoms with Crippen LogP contribution in [0.5, 0.6) is 0 Å². The van der Waals surface area contributed by atoms with Gasteiger partial charge in [-0.15, -0.1) is 0 Å². The molecule has 0 aromatic carbocycles. The molecule has 0 aliphatic heterocycles. The van der Waals surface area contributed by atoms with Crippen LogP contribution in [0.4, 0.5) is 0 Å². The van der Waals surface area contributed by atoms with Gasteiger partial charge in [-0.1, -0.05) is 6.42 Å². The summed E-state index contributed by atoms with van der Waals surface area (Å²) in [5.41, 5.74) is 0. The van der Waals surface area contributed by atoms with E-state index < -0.39 is 24.1 Å². The molecule has 0 radical (unpaired) electrons. The number of carboxylic acids is 1. The van der Waals surface area contributed by atoms with E-state index in [0.717, 1.165) is 12.8 Å². The first kappa shape index (κ1) is 16.8. The van der Waals surface area contributed by atoms with Crippen molar-refractivity contribution >= 4 is 11.9 Å². The summed E-state index contributed by atoms with van der Waals surface area (Å²) in [6.45, 7) is 1.73. The summed E-state index contributed by atoms with van der Waals surface area (Å²) < 4.78 is 4.61. The highest BCUT2D eigenvalue weighted by atomic mass is 16.5. The number of aliphatic hydroxyl groups excluding tert-OH is 3. The van der Waals surface area contributed by atoms with Crippen LogP contribution in [0.2, 0.25) is 0 Å². The average molecular weight is 264 g/mol. The highest BCUT2D eigenvalue weighted by molar-refractivity contribution is 5.84. The van der Waals surface area contributed by atoms with Gasteiger partial charge in [-0.05, 0) is 26.2 Å². The number of aliphatic hydroxyl groups is 3. The average Bonchev–Trinajstić information content (AvgIpc) is 2.30. The molecule has 18 heavy (non-hydrogen) atoms. The standard InChI is InChI=1S/C11H20O7/c1-7(12)5-3-2-4-6-18-11(17)9(14)8(13)10(15)16/h7-9,12-14H,2-6H2,1H3,(H,15,16). The fraction of sp³-hybridized carbons (Fsp3) is 0.818. The lowest BCUT2D eigenvalue weighted by Gasteiger charge is -2.13. The normalized spacial score (nSPS) is 15.8. The lowest BCUT2D eigenvalue weighted by Crippen LogP contribution is -2.40. The Balaban J connectivity index is 3.67. The molecule has 0 spiro atoms. The number of unbranched alkanes of at least 4 members (excludes halogenated alkanes) is 2. The van der Waals surface area contributed by atoms with Gasteiger partial charge in [-0.3, -0.25) is 0 Å². The number of hydrogen-bond donors (Lipinski definition) is 4. The number of hydrogen-bond acceptors (Lipinski definition) is 6. The number of carbonyl (C=O) groups excluding carboxylic acids is 1. The SMILES string of the molecule is CC(O)CCCCCOC(=O)C(O)C(O)C(=O)O. The second-order valence-corrected chi connectivity index (χ2v) is 4.09. The lowest BCUT2D eigenvalue weighted by molar-refractivity contribution is -0.169. The van der Waals surface area contributed by atoms with Crippen molar-refractivity contribution in [1.29, 1.82) is 0 Å². The van der Waals surface area contributed by atoms with Gasteiger partial charge in [0.15, 0.2) is 12.2 Å². The van der Waals surface area contributed by atoms with E-state index in [1.54, 1.807) is 6.92 Å². The minimum absolute atomic E-state index is 0.0437. The Morgan fingerprint density at radius 3 is 2.17 bits per heavy atom. The number of carbonyl (C=O) groups is 2. The molecule has 0 heterocycles. The fourth-order valence-corrected chi connectivity index (χ4v) is 1.24. The van der Waals surface area contributed by atoms with Gasteiger partial charge in [0.1, 0.15) is 0 Å². The summed E-state index contributed by atoms with van der Waals surface area (Å²) in [5.74, 6) is -2.84. The van der Waals surface area contributed by atoms with Crippen LogP contribution >= 0.6 is 0 Å². The summed E-state index contributed by atoms with van der Waals surface area (Å²) in [5, 5.41) is 35.3. The second kappa shape index (κ2) is 8.84. The molecule has 0 aromatic rings. The molecule has 4 N–H and O–H groups in total. The van der Waals surface area contributed by atoms with E-state index in [1.165, 1.54) is 0 Å². The second-order valence-electron chi connectivity index (χ2n) is 4.09. The van der Waals surface area contributed by atoms with Crippen molar-refractivity contribution in [3.63, 3.8) is 0 Å². The van der Waals surface area contributed by atoms with Gasteiger partial charge < -0.3 is 25.2 Å². The molecule has 0 bridgehead atoms. The molecule has 0 aliphatic carbocycles. The molecule has 0 saturated heterocycles. The smallest absolute Gasteiger partial charge is 0.338 e. The van der Waals surface area contributed by atoms with E-state index in [9.17, 15) is 9.59 Å². The van der Waals surface area contributed by atoms with E-state index in [-0.39, 0.29) is 12.7 Å². The maximum absolute atomic E-state index is 11.1. The van der Waals surface area contributed by atoms with Gasteiger partial charge in [0, 0.05) is 0 Å². The van der Waals surface area contributed by atoms with E-state index in [4.69, 9.17) is 20.4 Å². The molecule has 3 unspecified atom stereocenters. The molecule has 3 atom stereocenters. The third-order valence-corrected chi connectivity index (χ3v) is 2.30. The molecule has 7 heteroatoms. The van der Waals surface area contributed by atoms with Crippen LogP contribution in [0, 0.1) is 0 Å². The first-order valence-corrected chi connectivity index (χ1v) is 5.80. The Bertz CT molecular complexity index is 264. The van der Waals surface area contributed by atoms with Crippen LogP contribution in [-0.2, 0) is 14.3 Å². The van der Waals surface area contributed by atoms with Crippen LogP contribution in [0.3, 0.4) is 0 Å². The third kappa shape index (κ3) is 7.21. The van der Waals surface area contributed by atoms with Crippen LogP contribution in [-0.4, -0.2) is 57.3 Å². The zero-order chi connectivity index (χ0) is 14.1. The summed E-state index contributed by atoms with van der Waals surface area (Å²) in [6.07, 6.45) is -1.86. The number of rotatable bonds is 9. The summed E-state index contributed by atoms with van der Waals surface area (Å²) in [4.78, 5) is 21.4. The summed E-state index contributed by atoms with van der Waals surface area (Å²) >= 11 is 0.